The first-order chi connectivity index (χ1) is 10.2. The quantitative estimate of drug-likeness (QED) is 0.881. The van der Waals surface area contributed by atoms with Gasteiger partial charge < -0.3 is 14.8 Å². The third-order valence-electron chi connectivity index (χ3n) is 2.64. The molecule has 0 aliphatic heterocycles. The minimum atomic E-state index is -0.529. The number of nitrogens with one attached hydrogen (secondary N) is 2. The van der Waals surface area contributed by atoms with Crippen LogP contribution in [0.25, 0.3) is 0 Å². The van der Waals surface area contributed by atoms with E-state index in [-0.39, 0.29) is 0 Å². The molecule has 1 amide bonds. The predicted molar refractivity (Wildman–Crippen MR) is 81.2 cm³/mol. The number of pyridine rings is 1. The van der Waals surface area contributed by atoms with E-state index in [0.29, 0.717) is 18.1 Å². The van der Waals surface area contributed by atoms with E-state index in [9.17, 15) is 4.79 Å². The zero-order valence-electron chi connectivity index (χ0n) is 11.9. The molecule has 0 fully saturated rings. The van der Waals surface area contributed by atoms with Crippen LogP contribution in [0, 0.1) is 0 Å². The van der Waals surface area contributed by atoms with Gasteiger partial charge >= 0.3 is 6.09 Å². The van der Waals surface area contributed by atoms with E-state index >= 15 is 0 Å². The van der Waals surface area contributed by atoms with Crippen LogP contribution in [0.4, 0.5) is 22.0 Å². The van der Waals surface area contributed by atoms with Crippen LogP contribution >= 0.6 is 0 Å². The van der Waals surface area contributed by atoms with Crippen LogP contribution in [0.15, 0.2) is 42.6 Å². The molecule has 2 rings (SSSR count). The largest absolute Gasteiger partial charge is 0.492 e. The lowest BCUT2D eigenvalue weighted by atomic mass is 10.3. The smallest absolute Gasteiger partial charge is 0.411 e. The SMILES string of the molecule is CCOc1ccccc1Nc1ccc(NC(=O)OC)cn1. The van der Waals surface area contributed by atoms with Crippen LogP contribution in [-0.4, -0.2) is 24.8 Å². The Hall–Kier alpha value is -2.76. The summed E-state index contributed by atoms with van der Waals surface area (Å²) in [7, 11) is 1.31. The number of para-hydroxylation sites is 2. The second-order valence-electron chi connectivity index (χ2n) is 4.10. The van der Waals surface area contributed by atoms with Gasteiger partial charge in [0.1, 0.15) is 11.6 Å². The number of ether oxygens (including phenoxy) is 2. The van der Waals surface area contributed by atoms with Crippen molar-refractivity contribution in [1.82, 2.24) is 4.98 Å². The predicted octanol–water partition coefficient (Wildman–Crippen LogP) is 3.40. The Morgan fingerprint density at radius 1 is 1.24 bits per heavy atom. The van der Waals surface area contributed by atoms with Crippen LogP contribution in [0.3, 0.4) is 0 Å². The van der Waals surface area contributed by atoms with Crippen LogP contribution in [0.1, 0.15) is 6.92 Å². The van der Waals surface area contributed by atoms with Gasteiger partial charge in [-0.15, -0.1) is 0 Å². The van der Waals surface area contributed by atoms with Gasteiger partial charge in [-0.2, -0.15) is 0 Å². The number of benzene rings is 1. The van der Waals surface area contributed by atoms with Gasteiger partial charge in [-0.1, -0.05) is 12.1 Å². The van der Waals surface area contributed by atoms with Gasteiger partial charge in [0.2, 0.25) is 0 Å². The molecule has 0 aliphatic rings. The fourth-order valence-electron chi connectivity index (χ4n) is 1.70. The summed E-state index contributed by atoms with van der Waals surface area (Å²) in [5.41, 5.74) is 1.39. The maximum atomic E-state index is 11.1. The second-order valence-corrected chi connectivity index (χ2v) is 4.10. The lowest BCUT2D eigenvalue weighted by Gasteiger charge is -2.12. The number of hydrogen-bond donors (Lipinski definition) is 2. The number of amides is 1. The Kier molecular flexibility index (Phi) is 4.98. The molecular weight excluding hydrogens is 270 g/mol. The summed E-state index contributed by atoms with van der Waals surface area (Å²) in [6.07, 6.45) is 1.02. The molecule has 0 radical (unpaired) electrons. The normalized spacial score (nSPS) is 9.81. The summed E-state index contributed by atoms with van der Waals surface area (Å²) < 4.78 is 10.0. The Morgan fingerprint density at radius 3 is 2.71 bits per heavy atom. The van der Waals surface area contributed by atoms with Crippen molar-refractivity contribution < 1.29 is 14.3 Å². The maximum Gasteiger partial charge on any atom is 0.411 e. The van der Waals surface area contributed by atoms with Crippen molar-refractivity contribution in [3.8, 4) is 5.75 Å². The molecule has 0 aliphatic carbocycles. The average Bonchev–Trinajstić information content (AvgIpc) is 2.51. The van der Waals surface area contributed by atoms with Crippen LogP contribution in [0.2, 0.25) is 0 Å². The summed E-state index contributed by atoms with van der Waals surface area (Å²) in [5, 5.41) is 5.71. The lowest BCUT2D eigenvalue weighted by molar-refractivity contribution is 0.187. The number of aromatic nitrogens is 1. The number of anilines is 3. The number of nitrogens with zero attached hydrogens (tertiary/aromatic N) is 1. The third-order valence-corrected chi connectivity index (χ3v) is 2.64. The van der Waals surface area contributed by atoms with Gasteiger partial charge in [0.15, 0.2) is 0 Å². The van der Waals surface area contributed by atoms with E-state index in [1.165, 1.54) is 7.11 Å². The topological polar surface area (TPSA) is 72.5 Å². The second kappa shape index (κ2) is 7.14. The molecule has 0 atom stereocenters. The zero-order chi connectivity index (χ0) is 15.1. The molecule has 0 unspecified atom stereocenters. The molecule has 110 valence electrons. The van der Waals surface area contributed by atoms with Crippen molar-refractivity contribution in [2.45, 2.75) is 6.92 Å². The summed E-state index contributed by atoms with van der Waals surface area (Å²) >= 11 is 0. The van der Waals surface area contributed by atoms with Crippen molar-refractivity contribution in [3.63, 3.8) is 0 Å². The zero-order valence-corrected chi connectivity index (χ0v) is 11.9. The molecular formula is C15H17N3O3. The van der Waals surface area contributed by atoms with E-state index in [1.54, 1.807) is 18.3 Å². The first kappa shape index (κ1) is 14.6. The molecule has 1 aromatic heterocycles. The molecule has 0 spiro atoms. The molecule has 2 N–H and O–H groups in total. The van der Waals surface area contributed by atoms with E-state index in [2.05, 4.69) is 20.4 Å². The average molecular weight is 287 g/mol. The molecule has 21 heavy (non-hydrogen) atoms. The van der Waals surface area contributed by atoms with Gasteiger partial charge in [-0.25, -0.2) is 9.78 Å². The number of carbonyl (C=O) groups is 1. The van der Waals surface area contributed by atoms with E-state index < -0.39 is 6.09 Å². The van der Waals surface area contributed by atoms with Crippen molar-refractivity contribution in [2.75, 3.05) is 24.4 Å². The Morgan fingerprint density at radius 2 is 2.05 bits per heavy atom. The van der Waals surface area contributed by atoms with Gasteiger partial charge in [-0.05, 0) is 31.2 Å². The van der Waals surface area contributed by atoms with Crippen LogP contribution < -0.4 is 15.4 Å². The highest BCUT2D eigenvalue weighted by molar-refractivity contribution is 5.84. The summed E-state index contributed by atoms with van der Waals surface area (Å²) in [4.78, 5) is 15.3. The van der Waals surface area contributed by atoms with Gasteiger partial charge in [-0.3, -0.25) is 5.32 Å². The summed E-state index contributed by atoms with van der Waals surface area (Å²) in [6.45, 7) is 2.52. The van der Waals surface area contributed by atoms with Gasteiger partial charge in [0.25, 0.3) is 0 Å². The number of carbonyl (C=O) groups excluding carboxylic acids is 1. The summed E-state index contributed by atoms with van der Waals surface area (Å²) in [6, 6.07) is 11.1. The highest BCUT2D eigenvalue weighted by Crippen LogP contribution is 2.26. The van der Waals surface area contributed by atoms with Crippen molar-refractivity contribution in [1.29, 1.82) is 0 Å². The number of rotatable bonds is 5. The van der Waals surface area contributed by atoms with Crippen LogP contribution in [-0.2, 0) is 4.74 Å². The highest BCUT2D eigenvalue weighted by Gasteiger charge is 2.04. The molecule has 6 nitrogen and oxygen atoms in total. The first-order valence-electron chi connectivity index (χ1n) is 6.52. The third kappa shape index (κ3) is 4.10. The molecule has 0 saturated carbocycles. The Balaban J connectivity index is 2.08. The first-order valence-corrected chi connectivity index (χ1v) is 6.52. The van der Waals surface area contributed by atoms with Crippen LogP contribution in [0.5, 0.6) is 5.75 Å². The van der Waals surface area contributed by atoms with Crippen molar-refractivity contribution in [3.05, 3.63) is 42.6 Å². The fourth-order valence-corrected chi connectivity index (χ4v) is 1.70. The minimum absolute atomic E-state index is 0.529. The molecule has 6 heteroatoms. The summed E-state index contributed by atoms with van der Waals surface area (Å²) in [5.74, 6) is 1.41. The molecule has 0 saturated heterocycles. The Labute approximate surface area is 123 Å². The molecule has 0 bridgehead atoms. The van der Waals surface area contributed by atoms with E-state index in [1.807, 2.05) is 31.2 Å². The minimum Gasteiger partial charge on any atom is -0.492 e. The van der Waals surface area contributed by atoms with Crippen molar-refractivity contribution in [2.24, 2.45) is 0 Å². The Bertz CT molecular complexity index is 599. The standard InChI is InChI=1S/C15H17N3O3/c1-3-21-13-7-5-4-6-12(13)18-14-9-8-11(10-16-14)17-15(19)20-2/h4-10H,3H2,1-2H3,(H,16,18)(H,17,19). The molecule has 2 aromatic rings. The molecule has 1 heterocycles. The highest BCUT2D eigenvalue weighted by atomic mass is 16.5. The van der Waals surface area contributed by atoms with Gasteiger partial charge in [0, 0.05) is 0 Å². The number of methoxy groups -OCH3 is 1. The molecule has 1 aromatic carbocycles. The maximum absolute atomic E-state index is 11.1. The fraction of sp³-hybridized carbons (Fsp3) is 0.200. The van der Waals surface area contributed by atoms with Crippen molar-refractivity contribution >= 4 is 23.3 Å². The monoisotopic (exact) mass is 287 g/mol. The van der Waals surface area contributed by atoms with E-state index in [4.69, 9.17) is 4.74 Å². The lowest BCUT2D eigenvalue weighted by Crippen LogP contribution is -2.11. The number of hydrogen-bond acceptors (Lipinski definition) is 5. The van der Waals surface area contributed by atoms with E-state index in [0.717, 1.165) is 11.4 Å². The van der Waals surface area contributed by atoms with Gasteiger partial charge in [0.05, 0.1) is 31.3 Å².